The monoisotopic (exact) mass is 251 g/mol. The number of aryl methyl sites for hydroxylation is 1. The first-order valence-electron chi connectivity index (χ1n) is 6.06. The van der Waals surface area contributed by atoms with E-state index in [0.29, 0.717) is 11.1 Å². The molecule has 0 saturated heterocycles. The Bertz CT molecular complexity index is 789. The maximum absolute atomic E-state index is 9.18. The lowest BCUT2D eigenvalue weighted by atomic mass is 10.1. The van der Waals surface area contributed by atoms with Crippen molar-refractivity contribution in [3.8, 4) is 11.3 Å². The Balaban J connectivity index is 2.38. The van der Waals surface area contributed by atoms with Crippen LogP contribution >= 0.6 is 0 Å². The van der Waals surface area contributed by atoms with Crippen molar-refractivity contribution in [1.82, 2.24) is 0 Å². The molecule has 3 heteroatoms. The summed E-state index contributed by atoms with van der Waals surface area (Å²) in [4.78, 5) is 0. The molecule has 0 atom stereocenters. The molecule has 0 unspecified atom stereocenters. The lowest BCUT2D eigenvalue weighted by molar-refractivity contribution is 0.302. The predicted molar refractivity (Wildman–Crippen MR) is 73.7 cm³/mol. The molecule has 1 N–H and O–H groups in total. The van der Waals surface area contributed by atoms with Gasteiger partial charge in [0, 0.05) is 17.0 Å². The second kappa shape index (κ2) is 4.61. The zero-order chi connectivity index (χ0) is 13.2. The minimum atomic E-state index is 0.517. The minimum Gasteiger partial charge on any atom is -0.456 e. The maximum Gasteiger partial charge on any atom is 0.139 e. The van der Waals surface area contributed by atoms with Gasteiger partial charge in [-0.15, -0.1) is 0 Å². The van der Waals surface area contributed by atoms with E-state index in [2.05, 4.69) is 5.16 Å². The van der Waals surface area contributed by atoms with Crippen LogP contribution in [0.5, 0.6) is 0 Å². The summed E-state index contributed by atoms with van der Waals surface area (Å²) in [5.74, 6) is 0.690. The van der Waals surface area contributed by atoms with E-state index >= 15 is 0 Å². The Morgan fingerprint density at radius 2 is 1.79 bits per heavy atom. The molecular weight excluding hydrogens is 238 g/mol. The molecule has 3 rings (SSSR count). The molecule has 0 aliphatic heterocycles. The van der Waals surface area contributed by atoms with E-state index < -0.39 is 0 Å². The van der Waals surface area contributed by atoms with E-state index in [9.17, 15) is 5.21 Å². The molecule has 0 bridgehead atoms. The largest absolute Gasteiger partial charge is 0.456 e. The number of rotatable bonds is 1. The number of benzene rings is 2. The van der Waals surface area contributed by atoms with Crippen molar-refractivity contribution in [1.29, 1.82) is 0 Å². The van der Waals surface area contributed by atoms with Gasteiger partial charge in [0.15, 0.2) is 0 Å². The highest BCUT2D eigenvalue weighted by Crippen LogP contribution is 2.23. The van der Waals surface area contributed by atoms with Crippen molar-refractivity contribution < 1.29 is 9.62 Å². The van der Waals surface area contributed by atoms with E-state index in [0.717, 1.165) is 22.1 Å². The van der Waals surface area contributed by atoms with Crippen molar-refractivity contribution in [3.63, 3.8) is 0 Å². The second-order valence-corrected chi connectivity index (χ2v) is 4.41. The van der Waals surface area contributed by atoms with Crippen LogP contribution in [-0.4, -0.2) is 5.21 Å². The summed E-state index contributed by atoms with van der Waals surface area (Å²) < 4.78 is 5.95. The first-order chi connectivity index (χ1) is 9.29. The van der Waals surface area contributed by atoms with Crippen molar-refractivity contribution >= 4 is 11.0 Å². The van der Waals surface area contributed by atoms with Crippen molar-refractivity contribution in [3.05, 3.63) is 65.5 Å². The summed E-state index contributed by atoms with van der Waals surface area (Å²) >= 11 is 0. The van der Waals surface area contributed by atoms with Crippen LogP contribution in [-0.2, 0) is 0 Å². The van der Waals surface area contributed by atoms with Gasteiger partial charge in [-0.05, 0) is 18.6 Å². The maximum atomic E-state index is 9.18. The first-order valence-corrected chi connectivity index (χ1v) is 6.06. The molecular formula is C16H13NO2. The molecule has 0 radical (unpaired) electrons. The second-order valence-electron chi connectivity index (χ2n) is 4.41. The van der Waals surface area contributed by atoms with Gasteiger partial charge in [0.05, 0.1) is 0 Å². The average molecular weight is 251 g/mol. The third-order valence-corrected chi connectivity index (χ3v) is 3.13. The van der Waals surface area contributed by atoms with Gasteiger partial charge in [-0.2, -0.15) is 0 Å². The van der Waals surface area contributed by atoms with E-state index in [1.807, 2.05) is 55.5 Å². The Kier molecular flexibility index (Phi) is 2.80. The quantitative estimate of drug-likeness (QED) is 0.529. The molecule has 3 nitrogen and oxygen atoms in total. The van der Waals surface area contributed by atoms with Crippen LogP contribution in [0.25, 0.3) is 22.3 Å². The Morgan fingerprint density at radius 1 is 1.00 bits per heavy atom. The first kappa shape index (κ1) is 11.5. The van der Waals surface area contributed by atoms with Gasteiger partial charge in [-0.25, -0.2) is 0 Å². The smallest absolute Gasteiger partial charge is 0.139 e. The fraction of sp³-hybridized carbons (Fsp3) is 0.0625. The molecule has 0 aliphatic rings. The SMILES string of the molecule is Cc1cccc2c(=NO)cc(-c3ccccc3)oc12. The van der Waals surface area contributed by atoms with E-state index in [1.54, 1.807) is 6.07 Å². The van der Waals surface area contributed by atoms with Crippen LogP contribution in [0.4, 0.5) is 0 Å². The lowest BCUT2D eigenvalue weighted by Crippen LogP contribution is -2.03. The third kappa shape index (κ3) is 1.99. The van der Waals surface area contributed by atoms with Crippen molar-refractivity contribution in [2.75, 3.05) is 0 Å². The number of para-hydroxylation sites is 1. The standard InChI is InChI=1S/C16H13NO2/c1-11-6-5-9-13-14(17-18)10-15(19-16(11)13)12-7-3-2-4-8-12/h2-10,18H,1H3. The van der Waals surface area contributed by atoms with Gasteiger partial charge in [-0.1, -0.05) is 47.6 Å². The fourth-order valence-corrected chi connectivity index (χ4v) is 2.16. The van der Waals surface area contributed by atoms with Crippen LogP contribution in [0, 0.1) is 6.92 Å². The highest BCUT2D eigenvalue weighted by Gasteiger charge is 2.07. The highest BCUT2D eigenvalue weighted by atomic mass is 16.4. The molecule has 1 heterocycles. The van der Waals surface area contributed by atoms with Gasteiger partial charge < -0.3 is 9.62 Å². The lowest BCUT2D eigenvalue weighted by Gasteiger charge is -2.06. The van der Waals surface area contributed by atoms with Crippen LogP contribution < -0.4 is 5.36 Å². The van der Waals surface area contributed by atoms with Gasteiger partial charge in [0.25, 0.3) is 0 Å². The third-order valence-electron chi connectivity index (χ3n) is 3.13. The summed E-state index contributed by atoms with van der Waals surface area (Å²) in [5, 5.41) is 13.9. The molecule has 0 aliphatic carbocycles. The summed E-state index contributed by atoms with van der Waals surface area (Å²) in [7, 11) is 0. The molecule has 2 aromatic carbocycles. The summed E-state index contributed by atoms with van der Waals surface area (Å²) in [5.41, 5.74) is 2.72. The predicted octanol–water partition coefficient (Wildman–Crippen LogP) is 3.70. The van der Waals surface area contributed by atoms with Gasteiger partial charge in [0.2, 0.25) is 0 Å². The van der Waals surface area contributed by atoms with E-state index in [4.69, 9.17) is 4.42 Å². The topological polar surface area (TPSA) is 45.7 Å². The molecule has 94 valence electrons. The van der Waals surface area contributed by atoms with Gasteiger partial charge in [0.1, 0.15) is 16.7 Å². The van der Waals surface area contributed by atoms with E-state index in [1.165, 1.54) is 0 Å². The Morgan fingerprint density at radius 3 is 2.53 bits per heavy atom. The highest BCUT2D eigenvalue weighted by molar-refractivity contribution is 5.81. The van der Waals surface area contributed by atoms with Crippen LogP contribution in [0.15, 0.2) is 64.2 Å². The molecule has 0 fully saturated rings. The summed E-state index contributed by atoms with van der Waals surface area (Å²) in [6, 6.07) is 17.3. The molecule has 3 aromatic rings. The van der Waals surface area contributed by atoms with Crippen molar-refractivity contribution in [2.24, 2.45) is 5.16 Å². The van der Waals surface area contributed by atoms with Crippen molar-refractivity contribution in [2.45, 2.75) is 6.92 Å². The summed E-state index contributed by atoms with van der Waals surface area (Å²) in [6.07, 6.45) is 0. The summed E-state index contributed by atoms with van der Waals surface area (Å²) in [6.45, 7) is 1.97. The molecule has 0 amide bonds. The molecule has 0 saturated carbocycles. The van der Waals surface area contributed by atoms with Crippen LogP contribution in [0.1, 0.15) is 5.56 Å². The number of hydrogen-bond acceptors (Lipinski definition) is 3. The average Bonchev–Trinajstić information content (AvgIpc) is 2.48. The zero-order valence-corrected chi connectivity index (χ0v) is 10.5. The molecule has 0 spiro atoms. The van der Waals surface area contributed by atoms with Crippen LogP contribution in [0.2, 0.25) is 0 Å². The zero-order valence-electron chi connectivity index (χ0n) is 10.5. The van der Waals surface area contributed by atoms with E-state index in [-0.39, 0.29) is 0 Å². The number of hydrogen-bond donors (Lipinski definition) is 1. The molecule has 19 heavy (non-hydrogen) atoms. The molecule has 1 aromatic heterocycles. The number of fused-ring (bicyclic) bond motifs is 1. The number of nitrogens with zero attached hydrogens (tertiary/aromatic N) is 1. The normalized spacial score (nSPS) is 11.9. The van der Waals surface area contributed by atoms with Gasteiger partial charge in [-0.3, -0.25) is 0 Å². The Hall–Kier alpha value is -2.55. The Labute approximate surface area is 110 Å². The minimum absolute atomic E-state index is 0.517. The fourth-order valence-electron chi connectivity index (χ4n) is 2.16. The van der Waals surface area contributed by atoms with Gasteiger partial charge >= 0.3 is 0 Å². The van der Waals surface area contributed by atoms with Crippen LogP contribution in [0.3, 0.4) is 0 Å².